The fraction of sp³-hybridized carbons (Fsp3) is 0.100. The average Bonchev–Trinajstić information content (AvgIpc) is 2.15. The highest BCUT2D eigenvalue weighted by Crippen LogP contribution is 2.35. The van der Waals surface area contributed by atoms with Crippen LogP contribution in [-0.4, -0.2) is 0 Å². The molecule has 76 valence electrons. The van der Waals surface area contributed by atoms with Crippen molar-refractivity contribution in [1.29, 1.82) is 5.26 Å². The summed E-state index contributed by atoms with van der Waals surface area (Å²) in [5, 5.41) is 8.16. The molecule has 0 atom stereocenters. The van der Waals surface area contributed by atoms with Crippen molar-refractivity contribution in [3.63, 3.8) is 0 Å². The number of halogens is 4. The Kier molecular flexibility index (Phi) is 3.39. The highest BCUT2D eigenvalue weighted by Gasteiger charge is 2.32. The predicted molar refractivity (Wildman–Crippen MR) is 51.6 cm³/mol. The van der Waals surface area contributed by atoms with Gasteiger partial charge >= 0.3 is 6.18 Å². The van der Waals surface area contributed by atoms with Crippen LogP contribution < -0.4 is 0 Å². The van der Waals surface area contributed by atoms with Crippen molar-refractivity contribution in [3.8, 4) is 17.9 Å². The van der Waals surface area contributed by atoms with E-state index in [1.807, 2.05) is 5.92 Å². The Morgan fingerprint density at radius 1 is 1.27 bits per heavy atom. The van der Waals surface area contributed by atoms with Crippen LogP contribution in [0.15, 0.2) is 22.7 Å². The Hall–Kier alpha value is -1.46. The molecule has 0 aliphatic rings. The fourth-order valence-electron chi connectivity index (χ4n) is 0.920. The number of nitrogens with zero attached hydrogens (tertiary/aromatic N) is 1. The number of alkyl halides is 3. The minimum Gasteiger partial charge on any atom is -0.183 e. The monoisotopic (exact) mass is 273 g/mol. The van der Waals surface area contributed by atoms with Gasteiger partial charge in [0.2, 0.25) is 0 Å². The van der Waals surface area contributed by atoms with Crippen LogP contribution in [-0.2, 0) is 6.18 Å². The summed E-state index contributed by atoms with van der Waals surface area (Å²) in [4.78, 5) is 0. The second-order valence-corrected chi connectivity index (χ2v) is 3.41. The molecule has 15 heavy (non-hydrogen) atoms. The predicted octanol–water partition coefficient (Wildman–Crippen LogP) is 3.34. The van der Waals surface area contributed by atoms with Gasteiger partial charge in [0, 0.05) is 16.0 Å². The van der Waals surface area contributed by atoms with Crippen LogP contribution in [0.1, 0.15) is 11.1 Å². The minimum absolute atomic E-state index is 0.0440. The number of benzene rings is 1. The molecule has 1 nitrogen and oxygen atoms in total. The van der Waals surface area contributed by atoms with Crippen molar-refractivity contribution in [2.45, 2.75) is 6.18 Å². The summed E-state index contributed by atoms with van der Waals surface area (Å²) >= 11 is 2.80. The second kappa shape index (κ2) is 4.37. The molecule has 1 rings (SSSR count). The molecule has 1 aromatic rings. The maximum atomic E-state index is 12.4. The lowest BCUT2D eigenvalue weighted by molar-refractivity contribution is -0.138. The van der Waals surface area contributed by atoms with E-state index < -0.39 is 11.7 Å². The highest BCUT2D eigenvalue weighted by atomic mass is 79.9. The second-order valence-electron chi connectivity index (χ2n) is 2.55. The van der Waals surface area contributed by atoms with Gasteiger partial charge in [0.05, 0.1) is 5.56 Å². The summed E-state index contributed by atoms with van der Waals surface area (Å²) in [6.07, 6.45) is -4.43. The number of hydrogen-bond donors (Lipinski definition) is 0. The van der Waals surface area contributed by atoms with Crippen LogP contribution in [0, 0.1) is 23.2 Å². The summed E-state index contributed by atoms with van der Waals surface area (Å²) in [5.41, 5.74) is -0.640. The van der Waals surface area contributed by atoms with Crippen molar-refractivity contribution >= 4 is 15.9 Å². The topological polar surface area (TPSA) is 23.8 Å². The van der Waals surface area contributed by atoms with Crippen molar-refractivity contribution in [2.24, 2.45) is 0 Å². The Balaban J connectivity index is 3.24. The molecule has 0 saturated heterocycles. The largest absolute Gasteiger partial charge is 0.417 e. The molecule has 0 aromatic heterocycles. The molecule has 0 unspecified atom stereocenters. The van der Waals surface area contributed by atoms with Crippen LogP contribution in [0.5, 0.6) is 0 Å². The maximum Gasteiger partial charge on any atom is 0.417 e. The van der Waals surface area contributed by atoms with E-state index in [9.17, 15) is 13.2 Å². The summed E-state index contributed by atoms with van der Waals surface area (Å²) in [5.74, 6) is 4.34. The summed E-state index contributed by atoms with van der Waals surface area (Å²) in [6, 6.07) is 5.09. The Labute approximate surface area is 92.6 Å². The third-order valence-corrected chi connectivity index (χ3v) is 2.23. The zero-order chi connectivity index (χ0) is 11.5. The van der Waals surface area contributed by atoms with Crippen LogP contribution in [0.3, 0.4) is 0 Å². The molecule has 0 aliphatic carbocycles. The normalized spacial score (nSPS) is 10.1. The van der Waals surface area contributed by atoms with Gasteiger partial charge in [0.15, 0.2) is 6.07 Å². The smallest absolute Gasteiger partial charge is 0.183 e. The van der Waals surface area contributed by atoms with Gasteiger partial charge in [0.25, 0.3) is 0 Å². The lowest BCUT2D eigenvalue weighted by Crippen LogP contribution is -2.06. The molecule has 0 amide bonds. The first-order valence-electron chi connectivity index (χ1n) is 3.72. The van der Waals surface area contributed by atoms with Crippen LogP contribution >= 0.6 is 15.9 Å². The third kappa shape index (κ3) is 3.00. The molecule has 5 heteroatoms. The molecular formula is C10H3BrF3N. The van der Waals surface area contributed by atoms with E-state index in [0.717, 1.165) is 6.07 Å². The molecule has 0 heterocycles. The van der Waals surface area contributed by atoms with Gasteiger partial charge < -0.3 is 0 Å². The van der Waals surface area contributed by atoms with E-state index in [-0.39, 0.29) is 10.0 Å². The Morgan fingerprint density at radius 3 is 2.47 bits per heavy atom. The first kappa shape index (κ1) is 11.6. The van der Waals surface area contributed by atoms with Crippen LogP contribution in [0.4, 0.5) is 13.2 Å². The molecule has 1 aromatic carbocycles. The zero-order valence-electron chi connectivity index (χ0n) is 7.19. The van der Waals surface area contributed by atoms with Gasteiger partial charge in [-0.3, -0.25) is 0 Å². The number of rotatable bonds is 0. The van der Waals surface area contributed by atoms with E-state index >= 15 is 0 Å². The lowest BCUT2D eigenvalue weighted by atomic mass is 10.1. The highest BCUT2D eigenvalue weighted by molar-refractivity contribution is 9.10. The molecule has 0 fully saturated rings. The minimum atomic E-state index is -4.43. The zero-order valence-corrected chi connectivity index (χ0v) is 8.78. The standard InChI is InChI=1S/C10H3BrF3N/c11-9-4-3-7(2-1-5-15)6-8(9)10(12,13)14/h3-4,6H. The number of hydrogen-bond acceptors (Lipinski definition) is 1. The molecule has 0 radical (unpaired) electrons. The van der Waals surface area contributed by atoms with Gasteiger partial charge in [0.1, 0.15) is 0 Å². The average molecular weight is 274 g/mol. The van der Waals surface area contributed by atoms with Gasteiger partial charge in [-0.1, -0.05) is 21.9 Å². The van der Waals surface area contributed by atoms with Gasteiger partial charge in [-0.15, -0.1) is 0 Å². The summed E-state index contributed by atoms with van der Waals surface area (Å²) in [6.45, 7) is 0. The van der Waals surface area contributed by atoms with Crippen molar-refractivity contribution in [1.82, 2.24) is 0 Å². The Morgan fingerprint density at radius 2 is 1.93 bits per heavy atom. The van der Waals surface area contributed by atoms with Gasteiger partial charge in [-0.05, 0) is 18.2 Å². The third-order valence-electron chi connectivity index (χ3n) is 1.53. The molecular weight excluding hydrogens is 271 g/mol. The summed E-state index contributed by atoms with van der Waals surface area (Å²) in [7, 11) is 0. The van der Waals surface area contributed by atoms with Crippen molar-refractivity contribution in [3.05, 3.63) is 33.8 Å². The van der Waals surface area contributed by atoms with E-state index in [1.165, 1.54) is 18.2 Å². The Bertz CT molecular complexity index is 474. The SMILES string of the molecule is N#CC#Cc1ccc(Br)c(C(F)(F)F)c1. The quantitative estimate of drug-likeness (QED) is 0.665. The summed E-state index contributed by atoms with van der Waals surface area (Å²) < 4.78 is 37.2. The van der Waals surface area contributed by atoms with E-state index in [0.29, 0.717) is 0 Å². The van der Waals surface area contributed by atoms with E-state index in [1.54, 1.807) is 0 Å². The molecule has 0 bridgehead atoms. The van der Waals surface area contributed by atoms with E-state index in [2.05, 4.69) is 21.9 Å². The van der Waals surface area contributed by atoms with Crippen LogP contribution in [0.25, 0.3) is 0 Å². The van der Waals surface area contributed by atoms with Gasteiger partial charge in [-0.25, -0.2) is 0 Å². The van der Waals surface area contributed by atoms with Gasteiger partial charge in [-0.2, -0.15) is 18.4 Å². The fourth-order valence-corrected chi connectivity index (χ4v) is 1.39. The van der Waals surface area contributed by atoms with Crippen molar-refractivity contribution < 1.29 is 13.2 Å². The molecule has 0 spiro atoms. The van der Waals surface area contributed by atoms with E-state index in [4.69, 9.17) is 5.26 Å². The first-order chi connectivity index (χ1) is 6.95. The maximum absolute atomic E-state index is 12.4. The lowest BCUT2D eigenvalue weighted by Gasteiger charge is -2.08. The first-order valence-corrected chi connectivity index (χ1v) is 4.51. The van der Waals surface area contributed by atoms with Crippen LogP contribution in [0.2, 0.25) is 0 Å². The molecule has 0 aliphatic heterocycles. The number of nitriles is 1. The molecule has 0 saturated carbocycles. The molecule has 0 N–H and O–H groups in total. The van der Waals surface area contributed by atoms with Crippen molar-refractivity contribution in [2.75, 3.05) is 0 Å².